The molecule has 2 N–H and O–H groups in total. The third-order valence-electron chi connectivity index (χ3n) is 2.07. The largest absolute Gasteiger partial charge is 0.490 e. The van der Waals surface area contributed by atoms with Crippen LogP contribution in [-0.2, 0) is 0 Å². The second-order valence-electron chi connectivity index (χ2n) is 3.18. The Balaban J connectivity index is 2.49. The van der Waals surface area contributed by atoms with Crippen LogP contribution in [0.4, 0.5) is 8.78 Å². The van der Waals surface area contributed by atoms with Gasteiger partial charge in [0, 0.05) is 5.46 Å². The first-order valence-corrected chi connectivity index (χ1v) is 4.64. The summed E-state index contributed by atoms with van der Waals surface area (Å²) in [7, 11) is -1.70. The first-order chi connectivity index (χ1) is 8.08. The molecule has 8 heteroatoms. The molecule has 88 valence electrons. The zero-order valence-corrected chi connectivity index (χ0v) is 8.42. The number of nitrogens with zero attached hydrogens (tertiary/aromatic N) is 2. The van der Waals surface area contributed by atoms with Crippen molar-refractivity contribution in [1.29, 1.82) is 0 Å². The Labute approximate surface area is 94.8 Å². The molecule has 0 atom stereocenters. The van der Waals surface area contributed by atoms with Gasteiger partial charge < -0.3 is 14.8 Å². The number of halogens is 2. The van der Waals surface area contributed by atoms with E-state index in [4.69, 9.17) is 10.0 Å². The molecule has 0 bridgehead atoms. The molecule has 0 radical (unpaired) electrons. The molecular weight excluding hydrogens is 233 g/mol. The molecule has 1 aromatic heterocycles. The molecule has 0 aliphatic rings. The van der Waals surface area contributed by atoms with E-state index < -0.39 is 13.7 Å². The standard InChI is InChI=1S/C9H7BF2N2O3/c11-9(12)17-7-4-13-8-5(10(15)16)2-1-3-6(8)14-7/h1-4,9,15-16H. The highest BCUT2D eigenvalue weighted by molar-refractivity contribution is 6.61. The van der Waals surface area contributed by atoms with Crippen molar-refractivity contribution in [3.63, 3.8) is 0 Å². The third-order valence-corrected chi connectivity index (χ3v) is 2.07. The maximum Gasteiger partial charge on any atom is 0.490 e. The van der Waals surface area contributed by atoms with Gasteiger partial charge in [-0.2, -0.15) is 8.78 Å². The van der Waals surface area contributed by atoms with Crippen molar-refractivity contribution in [1.82, 2.24) is 9.97 Å². The molecule has 0 saturated carbocycles. The van der Waals surface area contributed by atoms with Gasteiger partial charge in [-0.15, -0.1) is 0 Å². The van der Waals surface area contributed by atoms with Gasteiger partial charge in [-0.3, -0.25) is 0 Å². The molecule has 0 aliphatic carbocycles. The maximum atomic E-state index is 12.0. The van der Waals surface area contributed by atoms with Crippen molar-refractivity contribution in [3.8, 4) is 5.88 Å². The molecule has 0 aliphatic heterocycles. The van der Waals surface area contributed by atoms with E-state index in [0.717, 1.165) is 6.20 Å². The second kappa shape index (κ2) is 4.60. The van der Waals surface area contributed by atoms with Crippen LogP contribution in [0.5, 0.6) is 5.88 Å². The Hall–Kier alpha value is -1.80. The molecule has 2 rings (SSSR count). The zero-order chi connectivity index (χ0) is 12.4. The van der Waals surface area contributed by atoms with Gasteiger partial charge in [0.15, 0.2) is 0 Å². The van der Waals surface area contributed by atoms with Gasteiger partial charge in [-0.05, 0) is 6.07 Å². The zero-order valence-electron chi connectivity index (χ0n) is 8.42. The number of fused-ring (bicyclic) bond motifs is 1. The third kappa shape index (κ3) is 2.48. The summed E-state index contributed by atoms with van der Waals surface area (Å²) in [5.41, 5.74) is 0.622. The van der Waals surface area contributed by atoms with Crippen LogP contribution in [0.25, 0.3) is 11.0 Å². The predicted octanol–water partition coefficient (Wildman–Crippen LogP) is -0.0890. The number of ether oxygens (including phenoxy) is 1. The van der Waals surface area contributed by atoms with Gasteiger partial charge in [-0.25, -0.2) is 9.97 Å². The summed E-state index contributed by atoms with van der Waals surface area (Å²) in [6.45, 7) is -2.98. The summed E-state index contributed by atoms with van der Waals surface area (Å²) in [5, 5.41) is 18.1. The van der Waals surface area contributed by atoms with E-state index in [1.165, 1.54) is 18.2 Å². The maximum absolute atomic E-state index is 12.0. The summed E-state index contributed by atoms with van der Waals surface area (Å²) in [6, 6.07) is 4.47. The van der Waals surface area contributed by atoms with Crippen LogP contribution in [0.2, 0.25) is 0 Å². The Morgan fingerprint density at radius 1 is 1.29 bits per heavy atom. The van der Waals surface area contributed by atoms with E-state index in [2.05, 4.69) is 14.7 Å². The SMILES string of the molecule is OB(O)c1cccc2nc(OC(F)F)cnc12. The molecule has 0 spiro atoms. The Morgan fingerprint density at radius 2 is 2.06 bits per heavy atom. The lowest BCUT2D eigenvalue weighted by Gasteiger charge is -2.06. The average molecular weight is 240 g/mol. The van der Waals surface area contributed by atoms with E-state index in [1.807, 2.05) is 0 Å². The Bertz CT molecular complexity index is 539. The molecule has 2 aromatic rings. The van der Waals surface area contributed by atoms with Crippen molar-refractivity contribution < 1.29 is 23.6 Å². The lowest BCUT2D eigenvalue weighted by molar-refractivity contribution is -0.0528. The van der Waals surface area contributed by atoms with Crippen LogP contribution in [0.1, 0.15) is 0 Å². The summed E-state index contributed by atoms with van der Waals surface area (Å²) < 4.78 is 28.0. The highest BCUT2D eigenvalue weighted by Gasteiger charge is 2.16. The number of hydrogen-bond acceptors (Lipinski definition) is 5. The van der Waals surface area contributed by atoms with Crippen molar-refractivity contribution >= 4 is 23.6 Å². The van der Waals surface area contributed by atoms with E-state index in [1.54, 1.807) is 0 Å². The van der Waals surface area contributed by atoms with Crippen LogP contribution in [0.15, 0.2) is 24.4 Å². The summed E-state index contributed by atoms with van der Waals surface area (Å²) >= 11 is 0. The number of para-hydroxylation sites is 1. The van der Waals surface area contributed by atoms with E-state index in [9.17, 15) is 8.78 Å². The minimum Gasteiger partial charge on any atom is -0.423 e. The molecule has 17 heavy (non-hydrogen) atoms. The first kappa shape index (κ1) is 11.7. The molecule has 1 aromatic carbocycles. The molecule has 1 heterocycles. The predicted molar refractivity (Wildman–Crippen MR) is 56.0 cm³/mol. The molecule has 0 saturated heterocycles. The highest BCUT2D eigenvalue weighted by Crippen LogP contribution is 2.14. The van der Waals surface area contributed by atoms with Crippen molar-refractivity contribution in [3.05, 3.63) is 24.4 Å². The molecule has 0 fully saturated rings. The summed E-state index contributed by atoms with van der Waals surface area (Å²) in [4.78, 5) is 7.59. The lowest BCUT2D eigenvalue weighted by atomic mass is 9.79. The van der Waals surface area contributed by atoms with Gasteiger partial charge in [0.25, 0.3) is 0 Å². The van der Waals surface area contributed by atoms with Crippen LogP contribution < -0.4 is 10.2 Å². The minimum absolute atomic E-state index is 0.151. The number of alkyl halides is 2. The molecule has 5 nitrogen and oxygen atoms in total. The van der Waals surface area contributed by atoms with Gasteiger partial charge in [0.05, 0.1) is 17.2 Å². The number of benzene rings is 1. The fourth-order valence-electron chi connectivity index (χ4n) is 1.40. The Kier molecular flexibility index (Phi) is 3.16. The van der Waals surface area contributed by atoms with Crippen LogP contribution >= 0.6 is 0 Å². The van der Waals surface area contributed by atoms with Crippen LogP contribution in [-0.4, -0.2) is 33.7 Å². The normalized spacial score (nSPS) is 10.9. The average Bonchev–Trinajstić information content (AvgIpc) is 2.26. The first-order valence-electron chi connectivity index (χ1n) is 4.64. The smallest absolute Gasteiger partial charge is 0.423 e. The van der Waals surface area contributed by atoms with Gasteiger partial charge in [0.2, 0.25) is 5.88 Å². The summed E-state index contributed by atoms with van der Waals surface area (Å²) in [6.07, 6.45) is 1.00. The molecular formula is C9H7BF2N2O3. The van der Waals surface area contributed by atoms with Crippen LogP contribution in [0.3, 0.4) is 0 Å². The van der Waals surface area contributed by atoms with Gasteiger partial charge >= 0.3 is 13.7 Å². The summed E-state index contributed by atoms with van der Waals surface area (Å²) in [5.74, 6) is -0.322. The van der Waals surface area contributed by atoms with Crippen molar-refractivity contribution in [2.75, 3.05) is 0 Å². The highest BCUT2D eigenvalue weighted by atomic mass is 19.3. The monoisotopic (exact) mass is 240 g/mol. The van der Waals surface area contributed by atoms with E-state index in [0.29, 0.717) is 0 Å². The molecule has 0 amide bonds. The minimum atomic E-state index is -2.98. The molecule has 0 unspecified atom stereocenters. The number of hydrogen-bond donors (Lipinski definition) is 2. The van der Waals surface area contributed by atoms with Crippen molar-refractivity contribution in [2.24, 2.45) is 0 Å². The fourth-order valence-corrected chi connectivity index (χ4v) is 1.40. The van der Waals surface area contributed by atoms with E-state index >= 15 is 0 Å². The van der Waals surface area contributed by atoms with E-state index in [-0.39, 0.29) is 22.4 Å². The topological polar surface area (TPSA) is 75.5 Å². The van der Waals surface area contributed by atoms with Crippen molar-refractivity contribution in [2.45, 2.75) is 6.61 Å². The quantitative estimate of drug-likeness (QED) is 0.733. The van der Waals surface area contributed by atoms with Gasteiger partial charge in [-0.1, -0.05) is 12.1 Å². The number of aromatic nitrogens is 2. The lowest BCUT2D eigenvalue weighted by Crippen LogP contribution is -2.31. The van der Waals surface area contributed by atoms with Gasteiger partial charge in [0.1, 0.15) is 0 Å². The van der Waals surface area contributed by atoms with Crippen LogP contribution in [0, 0.1) is 0 Å². The second-order valence-corrected chi connectivity index (χ2v) is 3.18. The number of rotatable bonds is 3. The Morgan fingerprint density at radius 3 is 2.71 bits per heavy atom. The fraction of sp³-hybridized carbons (Fsp3) is 0.111.